The van der Waals surface area contributed by atoms with E-state index >= 15 is 8.78 Å². The number of amides is 2. The molecule has 8 rings (SSSR count). The van der Waals surface area contributed by atoms with Crippen molar-refractivity contribution in [2.45, 2.75) is 54.1 Å². The van der Waals surface area contributed by atoms with Crippen molar-refractivity contribution in [1.29, 1.82) is 0 Å². The van der Waals surface area contributed by atoms with Crippen molar-refractivity contribution in [1.82, 2.24) is 23.5 Å². The molecule has 2 aliphatic heterocycles. The van der Waals surface area contributed by atoms with Crippen molar-refractivity contribution in [3.8, 4) is 17.2 Å². The number of phenols is 1. The summed E-state index contributed by atoms with van der Waals surface area (Å²) in [5, 5.41) is 11.6. The molecule has 4 atom stereocenters. The molecule has 318 valence electrons. The summed E-state index contributed by atoms with van der Waals surface area (Å²) in [6, 6.07) is 5.93. The summed E-state index contributed by atoms with van der Waals surface area (Å²) in [5.41, 5.74) is -3.49. The number of methoxy groups -OCH3 is 2. The number of halogens is 7. The molecule has 1 N–H and O–H groups in total. The second kappa shape index (κ2) is 14.5. The van der Waals surface area contributed by atoms with Crippen LogP contribution in [0.5, 0.6) is 17.2 Å². The molecule has 61 heavy (non-hydrogen) atoms. The van der Waals surface area contributed by atoms with Gasteiger partial charge in [0.15, 0.2) is 44.5 Å². The van der Waals surface area contributed by atoms with Crippen molar-refractivity contribution < 1.29 is 46.1 Å². The molecule has 0 radical (unpaired) electrons. The standard InChI is InChI=1S/C40H31Cl2F5N6O8/c1-5-7-17-8-6-9-19(33(17)54)26-18-10-13-51-37(58)50(12-11-20-34(55)49(2)22-15-25(61-4)24(60-3)14-21(22)48-20)38(59)53(51)23(18)16-39(41)35(56)52(36(57)40(26,39)42)32-30(46)28(44)27(43)29(45)31(32)47/h5-6,8-10,14-15,23,26,54H,1,7,11-13,16H2,2-4H3. The van der Waals surface area contributed by atoms with Gasteiger partial charge in [-0.2, -0.15) is 0 Å². The summed E-state index contributed by atoms with van der Waals surface area (Å²) < 4.78 is 88.9. The van der Waals surface area contributed by atoms with Crippen LogP contribution in [0.4, 0.5) is 27.6 Å². The van der Waals surface area contributed by atoms with Gasteiger partial charge in [-0.3, -0.25) is 14.4 Å². The molecule has 4 unspecified atom stereocenters. The van der Waals surface area contributed by atoms with E-state index in [1.54, 1.807) is 12.1 Å². The van der Waals surface area contributed by atoms with Crippen LogP contribution in [0, 0.1) is 29.1 Å². The smallest absolute Gasteiger partial charge is 0.347 e. The van der Waals surface area contributed by atoms with E-state index in [0.717, 1.165) is 13.9 Å². The Morgan fingerprint density at radius 2 is 1.57 bits per heavy atom. The Morgan fingerprint density at radius 3 is 2.21 bits per heavy atom. The summed E-state index contributed by atoms with van der Waals surface area (Å²) in [7, 11) is 4.34. The highest BCUT2D eigenvalue weighted by Gasteiger charge is 2.76. The SMILES string of the molecule is C=CCc1cccc(C2C3=CCn4c(=O)n(CCc5nc6cc(OC)c(OC)cc6n(C)c5=O)c(=O)n4C3CC3(Cl)C(=O)N(c4c(F)c(F)c(F)c(F)c4F)C(=O)C23Cl)c1O. The molecule has 3 aliphatic rings. The third-order valence-electron chi connectivity index (χ3n) is 11.6. The Hall–Kier alpha value is -6.21. The van der Waals surface area contributed by atoms with Gasteiger partial charge in [-0.15, -0.1) is 29.8 Å². The lowest BCUT2D eigenvalue weighted by atomic mass is 9.64. The van der Waals surface area contributed by atoms with Crippen LogP contribution in [0.25, 0.3) is 11.0 Å². The zero-order valence-corrected chi connectivity index (χ0v) is 33.6. The number of hydrogen-bond acceptors (Lipinski definition) is 9. The monoisotopic (exact) mass is 888 g/mol. The van der Waals surface area contributed by atoms with Gasteiger partial charge in [-0.05, 0) is 17.6 Å². The fourth-order valence-electron chi connectivity index (χ4n) is 8.67. The van der Waals surface area contributed by atoms with Crippen LogP contribution in [0.2, 0.25) is 0 Å². The van der Waals surface area contributed by atoms with Gasteiger partial charge in [0, 0.05) is 50.0 Å². The number of ether oxygens (including phenoxy) is 2. The highest BCUT2D eigenvalue weighted by Crippen LogP contribution is 2.65. The number of alkyl halides is 2. The first-order chi connectivity index (χ1) is 28.9. The molecule has 4 heterocycles. The Bertz CT molecular complexity index is 2990. The van der Waals surface area contributed by atoms with Gasteiger partial charge in [-0.25, -0.2) is 55.4 Å². The van der Waals surface area contributed by atoms with Crippen molar-refractivity contribution in [3.63, 3.8) is 0 Å². The van der Waals surface area contributed by atoms with Gasteiger partial charge in [0.1, 0.15) is 17.1 Å². The summed E-state index contributed by atoms with van der Waals surface area (Å²) in [5.74, 6) is -17.5. The van der Waals surface area contributed by atoms with E-state index < -0.39 is 104 Å². The number of phenolic OH excluding ortho intramolecular Hbond substituents is 1. The molecule has 21 heteroatoms. The molecule has 0 bridgehead atoms. The number of anilines is 1. The first-order valence-electron chi connectivity index (χ1n) is 18.3. The first kappa shape index (κ1) is 41.5. The molecule has 3 aromatic carbocycles. The number of carbonyl (C=O) groups is 2. The maximum atomic E-state index is 15.4. The zero-order chi connectivity index (χ0) is 44.2. The molecule has 1 saturated heterocycles. The Kier molecular flexibility index (Phi) is 9.85. The van der Waals surface area contributed by atoms with E-state index in [0.29, 0.717) is 22.5 Å². The number of aryl methyl sites for hydroxylation is 2. The molecule has 2 aromatic heterocycles. The van der Waals surface area contributed by atoms with Crippen molar-refractivity contribution in [2.75, 3.05) is 19.1 Å². The minimum Gasteiger partial charge on any atom is -0.507 e. The molecule has 1 aliphatic carbocycles. The van der Waals surface area contributed by atoms with E-state index in [1.165, 1.54) is 56.2 Å². The number of carbonyl (C=O) groups excluding carboxylic acids is 2. The topological polar surface area (TPSA) is 160 Å². The maximum absolute atomic E-state index is 15.4. The lowest BCUT2D eigenvalue weighted by molar-refractivity contribution is -0.122. The minimum atomic E-state index is -2.86. The average Bonchev–Trinajstić information content (AvgIpc) is 3.57. The molecule has 0 spiro atoms. The largest absolute Gasteiger partial charge is 0.507 e. The number of rotatable bonds is 9. The lowest BCUT2D eigenvalue weighted by Gasteiger charge is -2.49. The fourth-order valence-corrected chi connectivity index (χ4v) is 9.57. The summed E-state index contributed by atoms with van der Waals surface area (Å²) in [6.07, 6.45) is 1.84. The lowest BCUT2D eigenvalue weighted by Crippen LogP contribution is -2.59. The Labute approximate surface area is 349 Å². The number of allylic oxidation sites excluding steroid dienone is 3. The molecule has 5 aromatic rings. The predicted molar refractivity (Wildman–Crippen MR) is 209 cm³/mol. The van der Waals surface area contributed by atoms with E-state index in [9.17, 15) is 42.3 Å². The highest BCUT2D eigenvalue weighted by atomic mass is 35.5. The van der Waals surface area contributed by atoms with E-state index in [4.69, 9.17) is 32.7 Å². The van der Waals surface area contributed by atoms with Gasteiger partial charge in [0.25, 0.3) is 17.4 Å². The number of nitrogens with zero attached hydrogens (tertiary/aromatic N) is 6. The second-order valence-corrected chi connectivity index (χ2v) is 15.8. The fraction of sp³-hybridized carbons (Fsp3) is 0.300. The summed E-state index contributed by atoms with van der Waals surface area (Å²) >= 11 is 14.3. The molecular formula is C40H31Cl2F5N6O8. The van der Waals surface area contributed by atoms with Crippen LogP contribution in [0.1, 0.15) is 35.2 Å². The van der Waals surface area contributed by atoms with Gasteiger partial charge in [0.2, 0.25) is 5.82 Å². The number of fused-ring (bicyclic) bond motifs is 5. The zero-order valence-electron chi connectivity index (χ0n) is 32.1. The number of aromatic hydroxyl groups is 1. The molecule has 14 nitrogen and oxygen atoms in total. The maximum Gasteiger partial charge on any atom is 0.347 e. The van der Waals surface area contributed by atoms with Gasteiger partial charge in [-0.1, -0.05) is 30.4 Å². The van der Waals surface area contributed by atoms with E-state index in [-0.39, 0.29) is 46.7 Å². The second-order valence-electron chi connectivity index (χ2n) is 14.6. The van der Waals surface area contributed by atoms with Crippen LogP contribution < -0.4 is 31.3 Å². The van der Waals surface area contributed by atoms with Crippen molar-refractivity contribution in [2.24, 2.45) is 7.05 Å². The molecule has 1 saturated carbocycles. The number of imide groups is 1. The summed E-state index contributed by atoms with van der Waals surface area (Å²) in [4.78, 5) is 69.3. The van der Waals surface area contributed by atoms with Crippen LogP contribution in [0.3, 0.4) is 0 Å². The van der Waals surface area contributed by atoms with E-state index in [1.807, 2.05) is 0 Å². The van der Waals surface area contributed by atoms with Crippen molar-refractivity contribution >= 4 is 51.7 Å². The Morgan fingerprint density at radius 1 is 0.934 bits per heavy atom. The quantitative estimate of drug-likeness (QED) is 0.0556. The normalized spacial score (nSPS) is 21.9. The van der Waals surface area contributed by atoms with Gasteiger partial charge < -0.3 is 19.1 Å². The number of para-hydroxylation sites is 1. The van der Waals surface area contributed by atoms with Crippen molar-refractivity contribution in [3.05, 3.63) is 132 Å². The Balaban J connectivity index is 1.27. The minimum absolute atomic E-state index is 0.0240. The summed E-state index contributed by atoms with van der Waals surface area (Å²) in [6.45, 7) is 2.91. The van der Waals surface area contributed by atoms with Crippen LogP contribution in [-0.4, -0.2) is 64.4 Å². The third kappa shape index (κ3) is 5.58. The molecular weight excluding hydrogens is 858 g/mol. The predicted octanol–water partition coefficient (Wildman–Crippen LogP) is 4.65. The van der Waals surface area contributed by atoms with E-state index in [2.05, 4.69) is 11.6 Å². The van der Waals surface area contributed by atoms with Gasteiger partial charge in [0.05, 0.1) is 37.8 Å². The third-order valence-corrected chi connectivity index (χ3v) is 13.0. The molecule has 2 amide bonds. The molecule has 2 fully saturated rings. The number of aromatic nitrogens is 5. The van der Waals surface area contributed by atoms with Crippen LogP contribution in [-0.2, 0) is 42.6 Å². The average molecular weight is 890 g/mol. The highest BCUT2D eigenvalue weighted by molar-refractivity contribution is 6.58. The van der Waals surface area contributed by atoms with Gasteiger partial charge >= 0.3 is 11.4 Å². The van der Waals surface area contributed by atoms with Crippen LogP contribution in [0.15, 0.2) is 69.0 Å². The number of hydrogen-bond donors (Lipinski definition) is 1. The number of benzene rings is 3. The first-order valence-corrected chi connectivity index (χ1v) is 19.1. The van der Waals surface area contributed by atoms with Crippen LogP contribution >= 0.6 is 23.2 Å².